The molecule has 140 valence electrons. The molecule has 3 aromatic rings. The number of benzene rings is 2. The van der Waals surface area contributed by atoms with E-state index in [9.17, 15) is 18.4 Å². The summed E-state index contributed by atoms with van der Waals surface area (Å²) in [4.78, 5) is 27.9. The quantitative estimate of drug-likeness (QED) is 0.666. The summed E-state index contributed by atoms with van der Waals surface area (Å²) in [5.41, 5.74) is 0.991. The number of fused-ring (bicyclic) bond motifs is 1. The number of aromatic amines is 1. The Morgan fingerprint density at radius 2 is 1.96 bits per heavy atom. The van der Waals surface area contributed by atoms with Gasteiger partial charge in [0.05, 0.1) is 16.9 Å². The largest absolute Gasteiger partial charge is 0.346 e. The van der Waals surface area contributed by atoms with E-state index in [1.54, 1.807) is 19.1 Å². The second-order valence-corrected chi connectivity index (χ2v) is 6.50. The zero-order chi connectivity index (χ0) is 19.7. The number of hydrogen-bond donors (Lipinski definition) is 2. The van der Waals surface area contributed by atoms with Crippen molar-refractivity contribution >= 4 is 29.0 Å². The molecule has 0 fully saturated rings. The van der Waals surface area contributed by atoms with E-state index in [4.69, 9.17) is 12.2 Å². The highest BCUT2D eigenvalue weighted by Crippen LogP contribution is 2.17. The van der Waals surface area contributed by atoms with Gasteiger partial charge in [-0.1, -0.05) is 6.07 Å². The third-order valence-electron chi connectivity index (χ3n) is 4.35. The van der Waals surface area contributed by atoms with Crippen LogP contribution in [0.3, 0.4) is 0 Å². The van der Waals surface area contributed by atoms with Gasteiger partial charge < -0.3 is 10.3 Å². The first-order valence-corrected chi connectivity index (χ1v) is 8.75. The zero-order valence-electron chi connectivity index (χ0n) is 14.7. The van der Waals surface area contributed by atoms with E-state index in [0.29, 0.717) is 28.6 Å². The molecule has 2 N–H and O–H groups in total. The van der Waals surface area contributed by atoms with Gasteiger partial charge in [0, 0.05) is 12.1 Å². The monoisotopic (exact) mass is 389 g/mol. The number of carbonyl (C=O) groups is 1. The van der Waals surface area contributed by atoms with Crippen molar-refractivity contribution in [1.29, 1.82) is 0 Å². The smallest absolute Gasteiger partial charge is 0.262 e. The second kappa shape index (κ2) is 7.40. The third kappa shape index (κ3) is 3.66. The molecule has 0 saturated heterocycles. The molecule has 1 amide bonds. The molecule has 0 radical (unpaired) electrons. The van der Waals surface area contributed by atoms with Crippen molar-refractivity contribution in [3.63, 3.8) is 0 Å². The Balaban J connectivity index is 1.90. The molecule has 1 atom stereocenters. The Morgan fingerprint density at radius 3 is 2.63 bits per heavy atom. The molecule has 0 aliphatic carbocycles. The van der Waals surface area contributed by atoms with Gasteiger partial charge in [0.25, 0.3) is 11.5 Å². The summed E-state index contributed by atoms with van der Waals surface area (Å²) in [5.74, 6) is -2.33. The summed E-state index contributed by atoms with van der Waals surface area (Å²) < 4.78 is 28.1. The minimum atomic E-state index is -0.973. The lowest BCUT2D eigenvalue weighted by Crippen LogP contribution is -2.27. The summed E-state index contributed by atoms with van der Waals surface area (Å²) in [6, 6.07) is 7.58. The predicted molar refractivity (Wildman–Crippen MR) is 101 cm³/mol. The van der Waals surface area contributed by atoms with E-state index in [-0.39, 0.29) is 10.3 Å². The number of halogens is 2. The molecule has 0 unspecified atom stereocenters. The highest BCUT2D eigenvalue weighted by Gasteiger charge is 2.15. The lowest BCUT2D eigenvalue weighted by Gasteiger charge is -2.15. The maximum Gasteiger partial charge on any atom is 0.262 e. The van der Waals surface area contributed by atoms with Gasteiger partial charge in [-0.15, -0.1) is 0 Å². The lowest BCUT2D eigenvalue weighted by molar-refractivity contribution is 0.0940. The lowest BCUT2D eigenvalue weighted by atomic mass is 10.1. The van der Waals surface area contributed by atoms with E-state index < -0.39 is 23.6 Å². The van der Waals surface area contributed by atoms with Gasteiger partial charge in [0.1, 0.15) is 0 Å². The van der Waals surface area contributed by atoms with Crippen LogP contribution < -0.4 is 10.9 Å². The van der Waals surface area contributed by atoms with E-state index in [2.05, 4.69) is 10.3 Å². The molecule has 3 rings (SSSR count). The number of amides is 1. The molecule has 1 aromatic heterocycles. The van der Waals surface area contributed by atoms with Gasteiger partial charge in [-0.05, 0) is 62.0 Å². The van der Waals surface area contributed by atoms with E-state index in [1.807, 2.05) is 6.92 Å². The minimum absolute atomic E-state index is 0.224. The summed E-state index contributed by atoms with van der Waals surface area (Å²) in [6.07, 6.45) is 0. The number of hydrogen-bond acceptors (Lipinski definition) is 3. The van der Waals surface area contributed by atoms with Crippen molar-refractivity contribution in [1.82, 2.24) is 14.9 Å². The van der Waals surface area contributed by atoms with E-state index >= 15 is 0 Å². The van der Waals surface area contributed by atoms with Crippen molar-refractivity contribution in [2.45, 2.75) is 26.4 Å². The molecule has 8 heteroatoms. The minimum Gasteiger partial charge on any atom is -0.346 e. The Kier molecular flexibility index (Phi) is 5.18. The first kappa shape index (κ1) is 18.9. The highest BCUT2D eigenvalue weighted by molar-refractivity contribution is 7.71. The maximum absolute atomic E-state index is 13.4. The number of nitrogens with zero attached hydrogens (tertiary/aromatic N) is 1. The van der Waals surface area contributed by atoms with Crippen molar-refractivity contribution in [2.24, 2.45) is 0 Å². The first-order chi connectivity index (χ1) is 12.8. The summed E-state index contributed by atoms with van der Waals surface area (Å²) >= 11 is 5.17. The van der Waals surface area contributed by atoms with Crippen LogP contribution in [0.15, 0.2) is 41.2 Å². The van der Waals surface area contributed by atoms with Gasteiger partial charge in [0.2, 0.25) is 0 Å². The van der Waals surface area contributed by atoms with E-state index in [1.165, 1.54) is 16.7 Å². The van der Waals surface area contributed by atoms with Gasteiger partial charge in [-0.3, -0.25) is 14.2 Å². The molecule has 0 bridgehead atoms. The Labute approximate surface area is 158 Å². The van der Waals surface area contributed by atoms with Crippen LogP contribution in [-0.2, 0) is 6.54 Å². The van der Waals surface area contributed by atoms with Gasteiger partial charge in [-0.25, -0.2) is 8.78 Å². The molecule has 0 aliphatic heterocycles. The number of carbonyl (C=O) groups excluding carboxylic acids is 1. The topological polar surface area (TPSA) is 66.9 Å². The van der Waals surface area contributed by atoms with Crippen molar-refractivity contribution < 1.29 is 13.6 Å². The predicted octanol–water partition coefficient (Wildman–Crippen LogP) is 3.85. The molecule has 0 saturated carbocycles. The number of nitrogens with one attached hydrogen (secondary N) is 2. The third-order valence-corrected chi connectivity index (χ3v) is 4.67. The van der Waals surface area contributed by atoms with Crippen molar-refractivity contribution in [3.8, 4) is 0 Å². The molecular weight excluding hydrogens is 372 g/mol. The molecule has 5 nitrogen and oxygen atoms in total. The van der Waals surface area contributed by atoms with Gasteiger partial charge >= 0.3 is 0 Å². The van der Waals surface area contributed by atoms with Gasteiger partial charge in [0.15, 0.2) is 16.4 Å². The second-order valence-electron chi connectivity index (χ2n) is 6.11. The fourth-order valence-corrected chi connectivity index (χ4v) is 3.15. The fraction of sp³-hybridized carbons (Fsp3) is 0.211. The van der Waals surface area contributed by atoms with Crippen LogP contribution in [0.1, 0.15) is 35.8 Å². The maximum atomic E-state index is 13.4. The summed E-state index contributed by atoms with van der Waals surface area (Å²) in [5, 5.41) is 3.15. The number of H-pyrrole nitrogens is 1. The van der Waals surface area contributed by atoms with Crippen LogP contribution in [0.4, 0.5) is 8.78 Å². The normalized spacial score (nSPS) is 12.1. The van der Waals surface area contributed by atoms with Crippen molar-refractivity contribution in [3.05, 3.63) is 74.3 Å². The average molecular weight is 389 g/mol. The summed E-state index contributed by atoms with van der Waals surface area (Å²) in [6.45, 7) is 3.93. The molecular formula is C19H17F2N3O2S. The average Bonchev–Trinajstić information content (AvgIpc) is 2.63. The standard InChI is InChI=1S/C19H17F2N3O2S/c1-3-24-18(26)13-6-4-12(9-16(13)23-19(24)27)17(25)22-10(2)11-5-7-14(20)15(21)8-11/h4-10H,3H2,1-2H3,(H,22,25)(H,23,27)/t10-/m0/s1. The van der Waals surface area contributed by atoms with E-state index in [0.717, 1.165) is 12.1 Å². The number of rotatable bonds is 4. The fourth-order valence-electron chi connectivity index (χ4n) is 2.83. The van der Waals surface area contributed by atoms with Crippen LogP contribution in [-0.4, -0.2) is 15.5 Å². The molecule has 0 aliphatic rings. The molecule has 27 heavy (non-hydrogen) atoms. The zero-order valence-corrected chi connectivity index (χ0v) is 15.5. The number of aromatic nitrogens is 2. The van der Waals surface area contributed by atoms with Crippen LogP contribution in [0.2, 0.25) is 0 Å². The molecule has 1 heterocycles. The Morgan fingerprint density at radius 1 is 1.22 bits per heavy atom. The Bertz CT molecular complexity index is 1150. The highest BCUT2D eigenvalue weighted by atomic mass is 32.1. The van der Waals surface area contributed by atoms with Gasteiger partial charge in [-0.2, -0.15) is 0 Å². The van der Waals surface area contributed by atoms with Crippen LogP contribution in [0, 0.1) is 16.4 Å². The van der Waals surface area contributed by atoms with Crippen molar-refractivity contribution in [2.75, 3.05) is 0 Å². The molecule has 2 aromatic carbocycles. The SMILES string of the molecule is CCn1c(=S)[nH]c2cc(C(=O)N[C@@H](C)c3ccc(F)c(F)c3)ccc2c1=O. The first-order valence-electron chi connectivity index (χ1n) is 8.34. The van der Waals surface area contributed by atoms with Crippen LogP contribution in [0.5, 0.6) is 0 Å². The van der Waals surface area contributed by atoms with Crippen LogP contribution in [0.25, 0.3) is 10.9 Å². The molecule has 0 spiro atoms. The van der Waals surface area contributed by atoms with Crippen LogP contribution >= 0.6 is 12.2 Å². The Hall–Kier alpha value is -2.87. The summed E-state index contributed by atoms with van der Waals surface area (Å²) in [7, 11) is 0.